The number of halogens is 2. The summed E-state index contributed by atoms with van der Waals surface area (Å²) in [5.41, 5.74) is 5.24. The molecule has 8 heteroatoms. The maximum atomic E-state index is 12.5. The molecule has 4 rings (SSSR count). The van der Waals surface area contributed by atoms with Crippen LogP contribution in [-0.2, 0) is 16.2 Å². The zero-order valence-corrected chi connectivity index (χ0v) is 20.8. The van der Waals surface area contributed by atoms with E-state index in [2.05, 4.69) is 42.4 Å². The fraction of sp³-hybridized carbons (Fsp3) is 0.160. The number of ether oxygens (including phenoxy) is 1. The van der Waals surface area contributed by atoms with Gasteiger partial charge in [-0.15, -0.1) is 0 Å². The summed E-state index contributed by atoms with van der Waals surface area (Å²) >= 11 is 6.80. The van der Waals surface area contributed by atoms with Gasteiger partial charge < -0.3 is 9.64 Å². The number of benzene rings is 3. The molecule has 1 N–H and O–H groups in total. The fourth-order valence-corrected chi connectivity index (χ4v) is 3.94. The third-order valence-electron chi connectivity index (χ3n) is 5.22. The van der Waals surface area contributed by atoms with E-state index >= 15 is 0 Å². The Hall–Kier alpha value is -2.97. The lowest BCUT2D eigenvalue weighted by molar-refractivity contribution is -0.126. The summed E-state index contributed by atoms with van der Waals surface area (Å²) in [6, 6.07) is 22.9. The van der Waals surface area contributed by atoms with E-state index in [1.165, 1.54) is 0 Å². The van der Waals surface area contributed by atoms with E-state index in [0.29, 0.717) is 13.2 Å². The maximum Gasteiger partial charge on any atom is 0.245 e. The summed E-state index contributed by atoms with van der Waals surface area (Å²) in [4.78, 5) is 26.4. The van der Waals surface area contributed by atoms with E-state index in [9.17, 15) is 9.59 Å². The lowest BCUT2D eigenvalue weighted by atomic mass is 10.1. The van der Waals surface area contributed by atoms with Gasteiger partial charge >= 0.3 is 0 Å². The van der Waals surface area contributed by atoms with E-state index in [1.807, 2.05) is 72.8 Å². The van der Waals surface area contributed by atoms with Gasteiger partial charge in [-0.05, 0) is 71.8 Å². The van der Waals surface area contributed by atoms with Crippen molar-refractivity contribution in [1.82, 2.24) is 5.43 Å². The van der Waals surface area contributed by atoms with Crippen molar-refractivity contribution in [3.05, 3.63) is 92.9 Å². The van der Waals surface area contributed by atoms with E-state index in [0.717, 1.165) is 31.5 Å². The molecule has 0 radical (unpaired) electrons. The predicted octanol–water partition coefficient (Wildman–Crippen LogP) is 5.29. The molecule has 0 spiro atoms. The number of anilines is 1. The Bertz CT molecular complexity index is 1150. The molecule has 168 valence electrons. The molecule has 0 unspecified atom stereocenters. The van der Waals surface area contributed by atoms with Crippen LogP contribution in [0.2, 0.25) is 0 Å². The number of amides is 2. The summed E-state index contributed by atoms with van der Waals surface area (Å²) < 4.78 is 7.76. The van der Waals surface area contributed by atoms with Crippen LogP contribution in [0.1, 0.15) is 17.5 Å². The topological polar surface area (TPSA) is 71.0 Å². The van der Waals surface area contributed by atoms with Gasteiger partial charge in [-0.2, -0.15) is 5.10 Å². The second-order valence-corrected chi connectivity index (χ2v) is 9.43. The first-order valence-corrected chi connectivity index (χ1v) is 11.9. The fourth-order valence-electron chi connectivity index (χ4n) is 3.41. The molecular weight excluding hydrogens is 550 g/mol. The lowest BCUT2D eigenvalue weighted by Gasteiger charge is -2.16. The lowest BCUT2D eigenvalue weighted by Crippen LogP contribution is -2.30. The Morgan fingerprint density at radius 1 is 1.00 bits per heavy atom. The highest BCUT2D eigenvalue weighted by atomic mass is 79.9. The summed E-state index contributed by atoms with van der Waals surface area (Å²) in [5, 5.41) is 4.05. The van der Waals surface area contributed by atoms with E-state index in [-0.39, 0.29) is 18.2 Å². The smallest absolute Gasteiger partial charge is 0.245 e. The third-order valence-corrected chi connectivity index (χ3v) is 6.28. The molecule has 0 aliphatic carbocycles. The monoisotopic (exact) mass is 569 g/mol. The predicted molar refractivity (Wildman–Crippen MR) is 135 cm³/mol. The Balaban J connectivity index is 1.26. The Morgan fingerprint density at radius 3 is 2.30 bits per heavy atom. The molecule has 33 heavy (non-hydrogen) atoms. The highest BCUT2D eigenvalue weighted by Gasteiger charge is 2.35. The minimum Gasteiger partial charge on any atom is -0.489 e. The van der Waals surface area contributed by atoms with Crippen molar-refractivity contribution < 1.29 is 14.3 Å². The minimum atomic E-state index is -0.437. The number of carbonyl (C=O) groups is 2. The van der Waals surface area contributed by atoms with Gasteiger partial charge in [-0.25, -0.2) is 5.43 Å². The van der Waals surface area contributed by atoms with Crippen molar-refractivity contribution in [3.63, 3.8) is 0 Å². The van der Waals surface area contributed by atoms with Crippen LogP contribution in [0.15, 0.2) is 86.8 Å². The standard InChI is InChI=1S/C25H21Br2N3O3/c26-20-5-1-18(2-6-20)16-33-23-11-3-17(4-12-23)14-28-29-25(32)19-13-24(31)30(15-19)22-9-7-21(27)8-10-22/h1-12,14,19H,13,15-16H2,(H,29,32)/b28-14-/t19-/m0/s1. The molecule has 6 nitrogen and oxygen atoms in total. The second kappa shape index (κ2) is 10.8. The SMILES string of the molecule is O=C(N/N=C\c1ccc(OCc2ccc(Br)cc2)cc1)[C@H]1CC(=O)N(c2ccc(Br)cc2)C1. The molecule has 1 saturated heterocycles. The number of carbonyl (C=O) groups excluding carboxylic acids is 2. The van der Waals surface area contributed by atoms with Crippen molar-refractivity contribution in [2.24, 2.45) is 11.0 Å². The highest BCUT2D eigenvalue weighted by molar-refractivity contribution is 9.10. The second-order valence-electron chi connectivity index (χ2n) is 7.60. The van der Waals surface area contributed by atoms with Crippen molar-refractivity contribution in [1.29, 1.82) is 0 Å². The van der Waals surface area contributed by atoms with Crippen LogP contribution in [-0.4, -0.2) is 24.6 Å². The molecule has 3 aromatic rings. The first-order chi connectivity index (χ1) is 16.0. The summed E-state index contributed by atoms with van der Waals surface area (Å²) in [7, 11) is 0. The minimum absolute atomic E-state index is 0.0693. The van der Waals surface area contributed by atoms with E-state index in [1.54, 1.807) is 11.1 Å². The van der Waals surface area contributed by atoms with Crippen molar-refractivity contribution in [2.45, 2.75) is 13.0 Å². The summed E-state index contributed by atoms with van der Waals surface area (Å²) in [5.74, 6) is -0.0295. The van der Waals surface area contributed by atoms with Gasteiger partial charge in [0, 0.05) is 27.6 Å². The first-order valence-electron chi connectivity index (χ1n) is 10.3. The number of nitrogens with one attached hydrogen (secondary N) is 1. The molecule has 2 amide bonds. The molecule has 1 aliphatic rings. The number of hydrazone groups is 1. The molecule has 3 aromatic carbocycles. The third kappa shape index (κ3) is 6.30. The van der Waals surface area contributed by atoms with Crippen molar-refractivity contribution >= 4 is 55.6 Å². The van der Waals surface area contributed by atoms with E-state index in [4.69, 9.17) is 4.74 Å². The van der Waals surface area contributed by atoms with Crippen LogP contribution in [0.4, 0.5) is 5.69 Å². The molecule has 0 aromatic heterocycles. The van der Waals surface area contributed by atoms with Crippen LogP contribution in [0.5, 0.6) is 5.75 Å². The van der Waals surface area contributed by atoms with Gasteiger partial charge in [-0.1, -0.05) is 44.0 Å². The van der Waals surface area contributed by atoms with Gasteiger partial charge in [0.2, 0.25) is 11.8 Å². The molecule has 1 atom stereocenters. The quantitative estimate of drug-likeness (QED) is 0.310. The number of hydrogen-bond donors (Lipinski definition) is 1. The molecule has 1 heterocycles. The number of nitrogens with zero attached hydrogens (tertiary/aromatic N) is 2. The van der Waals surface area contributed by atoms with Crippen molar-refractivity contribution in [2.75, 3.05) is 11.4 Å². The van der Waals surface area contributed by atoms with Gasteiger partial charge in [-0.3, -0.25) is 9.59 Å². The van der Waals surface area contributed by atoms with Gasteiger partial charge in [0.1, 0.15) is 12.4 Å². The average molecular weight is 571 g/mol. The summed E-state index contributed by atoms with van der Waals surface area (Å²) in [6.45, 7) is 0.820. The van der Waals surface area contributed by atoms with Crippen LogP contribution < -0.4 is 15.1 Å². The van der Waals surface area contributed by atoms with Crippen LogP contribution >= 0.6 is 31.9 Å². The number of rotatable bonds is 7. The molecule has 1 fully saturated rings. The van der Waals surface area contributed by atoms with Crippen LogP contribution in [0, 0.1) is 5.92 Å². The molecule has 0 saturated carbocycles. The van der Waals surface area contributed by atoms with Gasteiger partial charge in [0.05, 0.1) is 12.1 Å². The molecular formula is C25H21Br2N3O3. The Morgan fingerprint density at radius 2 is 1.64 bits per heavy atom. The Kier molecular flexibility index (Phi) is 7.57. The average Bonchev–Trinajstić information content (AvgIpc) is 3.22. The summed E-state index contributed by atoms with van der Waals surface area (Å²) in [6.07, 6.45) is 1.74. The van der Waals surface area contributed by atoms with Gasteiger partial charge in [0.15, 0.2) is 0 Å². The van der Waals surface area contributed by atoms with Gasteiger partial charge in [0.25, 0.3) is 0 Å². The molecule has 1 aliphatic heterocycles. The molecule has 0 bridgehead atoms. The zero-order chi connectivity index (χ0) is 23.2. The van der Waals surface area contributed by atoms with E-state index < -0.39 is 5.92 Å². The Labute approximate surface area is 208 Å². The maximum absolute atomic E-state index is 12.5. The first kappa shape index (κ1) is 23.2. The van der Waals surface area contributed by atoms with Crippen LogP contribution in [0.3, 0.4) is 0 Å². The van der Waals surface area contributed by atoms with Crippen LogP contribution in [0.25, 0.3) is 0 Å². The normalized spacial score (nSPS) is 15.8. The highest BCUT2D eigenvalue weighted by Crippen LogP contribution is 2.26. The zero-order valence-electron chi connectivity index (χ0n) is 17.6. The van der Waals surface area contributed by atoms with Crippen molar-refractivity contribution in [3.8, 4) is 5.75 Å². The largest absolute Gasteiger partial charge is 0.489 e. The number of hydrogen-bond acceptors (Lipinski definition) is 4.